The van der Waals surface area contributed by atoms with E-state index in [0.717, 1.165) is 0 Å². The summed E-state index contributed by atoms with van der Waals surface area (Å²) in [5.74, 6) is 0. The van der Waals surface area contributed by atoms with Crippen LogP contribution in [0.15, 0.2) is 0 Å². The number of hydrogen-bond donors (Lipinski definition) is 1. The van der Waals surface area contributed by atoms with Gasteiger partial charge in [-0.1, -0.05) is 48.5 Å². The molecule has 0 saturated heterocycles. The lowest BCUT2D eigenvalue weighted by atomic mass is 9.82. The smallest absolute Gasteiger partial charge is 0.0102 e. The Balaban J connectivity index is 3.98. The minimum absolute atomic E-state index is 0.209. The van der Waals surface area contributed by atoms with Crippen molar-refractivity contribution in [3.8, 4) is 0 Å². The first kappa shape index (κ1) is 15.3. The van der Waals surface area contributed by atoms with Crippen LogP contribution in [0.25, 0.3) is 0 Å². The molecule has 0 fully saturated rings. The van der Waals surface area contributed by atoms with Crippen molar-refractivity contribution in [1.29, 1.82) is 0 Å². The van der Waals surface area contributed by atoms with Gasteiger partial charge in [0.2, 0.25) is 0 Å². The van der Waals surface area contributed by atoms with Gasteiger partial charge in [-0.25, -0.2) is 0 Å². The van der Waals surface area contributed by atoms with Gasteiger partial charge in [0.25, 0.3) is 0 Å². The molecule has 15 heavy (non-hydrogen) atoms. The van der Waals surface area contributed by atoms with Crippen molar-refractivity contribution in [3.63, 3.8) is 0 Å². The second-order valence-corrected chi connectivity index (χ2v) is 8.70. The lowest BCUT2D eigenvalue weighted by Crippen LogP contribution is -2.22. The Morgan fingerprint density at radius 3 is 1.07 bits per heavy atom. The molecule has 0 aromatic rings. The van der Waals surface area contributed by atoms with Crippen LogP contribution in [-0.4, -0.2) is 4.75 Å². The molecule has 0 aromatic carbocycles. The number of rotatable bonds is 4. The van der Waals surface area contributed by atoms with Gasteiger partial charge in [-0.05, 0) is 36.5 Å². The maximum atomic E-state index is 4.81. The number of thiol groups is 1. The summed E-state index contributed by atoms with van der Waals surface area (Å²) < 4.78 is 0.209. The molecule has 0 radical (unpaired) electrons. The summed E-state index contributed by atoms with van der Waals surface area (Å²) in [6.45, 7) is 16.1. The molecule has 0 aliphatic carbocycles. The van der Waals surface area contributed by atoms with Crippen molar-refractivity contribution in [2.45, 2.75) is 78.9 Å². The van der Waals surface area contributed by atoms with Gasteiger partial charge in [0.1, 0.15) is 0 Å². The molecule has 0 aliphatic rings. The van der Waals surface area contributed by atoms with Crippen molar-refractivity contribution in [2.75, 3.05) is 0 Å². The van der Waals surface area contributed by atoms with E-state index in [1.54, 1.807) is 0 Å². The van der Waals surface area contributed by atoms with Gasteiger partial charge in [-0.2, -0.15) is 12.6 Å². The Labute approximate surface area is 103 Å². The maximum Gasteiger partial charge on any atom is 0.0102 e. The van der Waals surface area contributed by atoms with E-state index in [9.17, 15) is 0 Å². The third-order valence-corrected chi connectivity index (χ3v) is 3.27. The lowest BCUT2D eigenvalue weighted by molar-refractivity contribution is 0.303. The molecular formula is C14H30S. The molecule has 0 bridgehead atoms. The van der Waals surface area contributed by atoms with Gasteiger partial charge in [0.05, 0.1) is 0 Å². The van der Waals surface area contributed by atoms with Gasteiger partial charge in [-0.15, -0.1) is 0 Å². The number of hydrogen-bond acceptors (Lipinski definition) is 1. The summed E-state index contributed by atoms with van der Waals surface area (Å²) in [5.41, 5.74) is 0.872. The van der Waals surface area contributed by atoms with E-state index in [-0.39, 0.29) is 4.75 Å². The fourth-order valence-electron chi connectivity index (χ4n) is 1.41. The zero-order valence-corrected chi connectivity index (χ0v) is 12.7. The van der Waals surface area contributed by atoms with Gasteiger partial charge in [-0.3, -0.25) is 0 Å². The van der Waals surface area contributed by atoms with E-state index in [2.05, 4.69) is 48.5 Å². The van der Waals surface area contributed by atoms with E-state index in [0.29, 0.717) is 10.8 Å². The first-order chi connectivity index (χ1) is 6.41. The topological polar surface area (TPSA) is 0 Å². The highest BCUT2D eigenvalue weighted by molar-refractivity contribution is 7.81. The van der Waals surface area contributed by atoms with E-state index in [1.807, 2.05) is 0 Å². The molecule has 0 N–H and O–H groups in total. The van der Waals surface area contributed by atoms with Crippen LogP contribution in [0.4, 0.5) is 0 Å². The minimum Gasteiger partial charge on any atom is -0.173 e. The first-order valence-corrected chi connectivity index (χ1v) is 6.59. The molecule has 0 spiro atoms. The largest absolute Gasteiger partial charge is 0.173 e. The average Bonchev–Trinajstić information content (AvgIpc) is 1.96. The quantitative estimate of drug-likeness (QED) is 0.620. The van der Waals surface area contributed by atoms with Crippen LogP contribution in [0, 0.1) is 10.8 Å². The second-order valence-electron chi connectivity index (χ2n) is 7.62. The molecule has 0 aliphatic heterocycles. The van der Waals surface area contributed by atoms with Crippen LogP contribution >= 0.6 is 12.6 Å². The Bertz CT molecular complexity index is 158. The highest BCUT2D eigenvalue weighted by Crippen LogP contribution is 2.35. The Kier molecular flexibility index (Phi) is 5.24. The summed E-state index contributed by atoms with van der Waals surface area (Å²) in [4.78, 5) is 0. The maximum absolute atomic E-state index is 4.81. The zero-order valence-electron chi connectivity index (χ0n) is 11.8. The standard InChI is InChI=1S/C14H30S/c1-12(2,3)8-10-14(7,15)11-9-13(4,5)6/h15H,8-11H2,1-7H3. The van der Waals surface area contributed by atoms with Gasteiger partial charge < -0.3 is 0 Å². The van der Waals surface area contributed by atoms with Crippen LogP contribution in [-0.2, 0) is 0 Å². The van der Waals surface area contributed by atoms with E-state index in [1.165, 1.54) is 25.7 Å². The molecule has 0 atom stereocenters. The minimum atomic E-state index is 0.209. The first-order valence-electron chi connectivity index (χ1n) is 6.14. The predicted molar refractivity (Wildman–Crippen MR) is 74.8 cm³/mol. The summed E-state index contributed by atoms with van der Waals surface area (Å²) in [5, 5.41) is 0. The van der Waals surface area contributed by atoms with Crippen LogP contribution in [0.2, 0.25) is 0 Å². The van der Waals surface area contributed by atoms with Crippen molar-refractivity contribution in [1.82, 2.24) is 0 Å². The van der Waals surface area contributed by atoms with Crippen LogP contribution < -0.4 is 0 Å². The van der Waals surface area contributed by atoms with Crippen molar-refractivity contribution in [2.24, 2.45) is 10.8 Å². The predicted octanol–water partition coefficient (Wildman–Crippen LogP) is 5.33. The third-order valence-electron chi connectivity index (χ3n) is 2.83. The molecule has 0 aromatic heterocycles. The molecule has 0 saturated carbocycles. The van der Waals surface area contributed by atoms with Crippen LogP contribution in [0.1, 0.15) is 74.1 Å². The highest BCUT2D eigenvalue weighted by atomic mass is 32.1. The van der Waals surface area contributed by atoms with Crippen molar-refractivity contribution >= 4 is 12.6 Å². The third kappa shape index (κ3) is 10.6. The highest BCUT2D eigenvalue weighted by Gasteiger charge is 2.24. The van der Waals surface area contributed by atoms with Crippen molar-refractivity contribution in [3.05, 3.63) is 0 Å². The fourth-order valence-corrected chi connectivity index (χ4v) is 1.64. The normalized spacial score (nSPS) is 14.4. The summed E-state index contributed by atoms with van der Waals surface area (Å²) in [7, 11) is 0. The molecule has 0 nitrogen and oxygen atoms in total. The molecule has 92 valence electrons. The Hall–Kier alpha value is 0.350. The lowest BCUT2D eigenvalue weighted by Gasteiger charge is -2.30. The molecule has 0 rings (SSSR count). The van der Waals surface area contributed by atoms with Crippen LogP contribution in [0.3, 0.4) is 0 Å². The molecule has 0 heterocycles. The van der Waals surface area contributed by atoms with Gasteiger partial charge in [0.15, 0.2) is 0 Å². The molecular weight excluding hydrogens is 200 g/mol. The molecule has 1 heteroatoms. The van der Waals surface area contributed by atoms with Crippen molar-refractivity contribution < 1.29 is 0 Å². The summed E-state index contributed by atoms with van der Waals surface area (Å²) in [6, 6.07) is 0. The molecule has 0 unspecified atom stereocenters. The van der Waals surface area contributed by atoms with Crippen LogP contribution in [0.5, 0.6) is 0 Å². The van der Waals surface area contributed by atoms with Gasteiger partial charge in [0, 0.05) is 4.75 Å². The summed E-state index contributed by atoms with van der Waals surface area (Å²) >= 11 is 4.81. The SMILES string of the molecule is CC(C)(C)CCC(C)(S)CCC(C)(C)C. The second kappa shape index (κ2) is 5.12. The van der Waals surface area contributed by atoms with E-state index < -0.39 is 0 Å². The molecule has 0 amide bonds. The zero-order chi connectivity index (χ0) is 12.3. The van der Waals surface area contributed by atoms with E-state index >= 15 is 0 Å². The van der Waals surface area contributed by atoms with E-state index in [4.69, 9.17) is 12.6 Å². The van der Waals surface area contributed by atoms with Gasteiger partial charge >= 0.3 is 0 Å². The average molecular weight is 230 g/mol. The Morgan fingerprint density at radius 1 is 0.600 bits per heavy atom. The summed E-state index contributed by atoms with van der Waals surface area (Å²) in [6.07, 6.45) is 4.96. The fraction of sp³-hybridized carbons (Fsp3) is 1.00. The Morgan fingerprint density at radius 2 is 0.867 bits per heavy atom. The monoisotopic (exact) mass is 230 g/mol.